The van der Waals surface area contributed by atoms with Gasteiger partial charge in [0.05, 0.1) is 28.8 Å². The van der Waals surface area contributed by atoms with Gasteiger partial charge in [0, 0.05) is 12.2 Å². The van der Waals surface area contributed by atoms with Gasteiger partial charge in [-0.2, -0.15) is 18.3 Å². The Labute approximate surface area is 176 Å². The predicted octanol–water partition coefficient (Wildman–Crippen LogP) is 4.52. The molecule has 1 atom stereocenters. The number of ether oxygens (including phenoxy) is 1. The Morgan fingerprint density at radius 1 is 1.16 bits per heavy atom. The van der Waals surface area contributed by atoms with Crippen LogP contribution in [0.1, 0.15) is 42.4 Å². The van der Waals surface area contributed by atoms with Crippen molar-refractivity contribution in [2.24, 2.45) is 0 Å². The number of benzene rings is 1. The maximum absolute atomic E-state index is 12.8. The molecule has 31 heavy (non-hydrogen) atoms. The summed E-state index contributed by atoms with van der Waals surface area (Å²) in [5, 5.41) is 25.7. The van der Waals surface area contributed by atoms with Gasteiger partial charge in [-0.25, -0.2) is 9.67 Å². The molecular formula is C20H21F3N6O2. The molecule has 3 aromatic rings. The number of aryl methyl sites for hydroxylation is 2. The van der Waals surface area contributed by atoms with Crippen LogP contribution in [0.3, 0.4) is 0 Å². The summed E-state index contributed by atoms with van der Waals surface area (Å²) in [5.41, 5.74) is 1.20. The molecule has 1 aliphatic rings. The van der Waals surface area contributed by atoms with E-state index in [9.17, 15) is 18.3 Å². The number of alkyl halides is 3. The van der Waals surface area contributed by atoms with Crippen LogP contribution >= 0.6 is 0 Å². The molecule has 8 nitrogen and oxygen atoms in total. The van der Waals surface area contributed by atoms with E-state index < -0.39 is 17.5 Å². The molecule has 1 saturated heterocycles. The van der Waals surface area contributed by atoms with E-state index in [4.69, 9.17) is 4.74 Å². The van der Waals surface area contributed by atoms with Crippen molar-refractivity contribution in [3.8, 4) is 17.0 Å². The fourth-order valence-electron chi connectivity index (χ4n) is 3.42. The minimum Gasteiger partial charge on any atom is -0.507 e. The fourth-order valence-corrected chi connectivity index (χ4v) is 3.42. The van der Waals surface area contributed by atoms with Gasteiger partial charge in [0.2, 0.25) is 5.95 Å². The van der Waals surface area contributed by atoms with Gasteiger partial charge >= 0.3 is 6.18 Å². The summed E-state index contributed by atoms with van der Waals surface area (Å²) in [5.74, 6) is -0.334. The minimum absolute atomic E-state index is 0.103. The molecule has 0 radical (unpaired) electrons. The fraction of sp³-hybridized carbons (Fsp3) is 0.400. The summed E-state index contributed by atoms with van der Waals surface area (Å²) in [6.45, 7) is 4.19. The molecule has 1 aromatic carbocycles. The van der Waals surface area contributed by atoms with E-state index in [2.05, 4.69) is 25.6 Å². The third-order valence-corrected chi connectivity index (χ3v) is 5.06. The van der Waals surface area contributed by atoms with Crippen LogP contribution in [-0.2, 0) is 10.9 Å². The summed E-state index contributed by atoms with van der Waals surface area (Å²) >= 11 is 0. The highest BCUT2D eigenvalue weighted by molar-refractivity contribution is 5.69. The summed E-state index contributed by atoms with van der Waals surface area (Å²) < 4.78 is 46.0. The number of aromatic nitrogens is 5. The number of nitrogens with one attached hydrogen (secondary N) is 1. The molecule has 0 spiro atoms. The summed E-state index contributed by atoms with van der Waals surface area (Å²) in [6.07, 6.45) is 0.183. The van der Waals surface area contributed by atoms with Gasteiger partial charge in [0.25, 0.3) is 0 Å². The van der Waals surface area contributed by atoms with Gasteiger partial charge in [-0.05, 0) is 51.3 Å². The second-order valence-corrected chi connectivity index (χ2v) is 7.35. The van der Waals surface area contributed by atoms with E-state index in [1.165, 1.54) is 0 Å². The van der Waals surface area contributed by atoms with E-state index in [0.29, 0.717) is 24.1 Å². The zero-order valence-electron chi connectivity index (χ0n) is 16.9. The predicted molar refractivity (Wildman–Crippen MR) is 106 cm³/mol. The number of hydrogen-bond donors (Lipinski definition) is 2. The molecule has 2 aromatic heterocycles. The Bertz CT molecular complexity index is 1090. The number of halogens is 3. The standard InChI is InChI=1S/C20H21F3N6O2/c1-11-15(10-29(28-11)17-5-3-4-8-31-17)25-19-24-12(2)18(26-27-19)14-7-6-13(9-16(14)30)20(21,22)23/h6-7,9-10,17,30H,3-5,8H2,1-2H3,(H,24,25,27). The Morgan fingerprint density at radius 3 is 2.61 bits per heavy atom. The van der Waals surface area contributed by atoms with Crippen LogP contribution in [0, 0.1) is 13.8 Å². The van der Waals surface area contributed by atoms with Crippen LogP contribution < -0.4 is 5.32 Å². The molecule has 164 valence electrons. The molecule has 11 heteroatoms. The highest BCUT2D eigenvalue weighted by Crippen LogP contribution is 2.36. The van der Waals surface area contributed by atoms with Crippen LogP contribution in [-0.4, -0.2) is 36.7 Å². The molecule has 1 unspecified atom stereocenters. The Balaban J connectivity index is 1.55. The molecular weight excluding hydrogens is 413 g/mol. The van der Waals surface area contributed by atoms with E-state index in [1.54, 1.807) is 11.6 Å². The number of phenols is 1. The van der Waals surface area contributed by atoms with Crippen molar-refractivity contribution in [1.82, 2.24) is 25.0 Å². The zero-order valence-corrected chi connectivity index (χ0v) is 16.9. The van der Waals surface area contributed by atoms with Gasteiger partial charge < -0.3 is 15.2 Å². The third kappa shape index (κ3) is 4.46. The van der Waals surface area contributed by atoms with Crippen LogP contribution in [0.4, 0.5) is 24.8 Å². The first kappa shape index (κ1) is 21.0. The first-order valence-electron chi connectivity index (χ1n) is 9.78. The molecule has 0 aliphatic carbocycles. The molecule has 0 amide bonds. The van der Waals surface area contributed by atoms with Crippen LogP contribution in [0.5, 0.6) is 5.75 Å². The van der Waals surface area contributed by atoms with Crippen LogP contribution in [0.15, 0.2) is 24.4 Å². The molecule has 1 fully saturated rings. The number of hydrogen-bond acceptors (Lipinski definition) is 7. The summed E-state index contributed by atoms with van der Waals surface area (Å²) in [6, 6.07) is 2.70. The first-order valence-corrected chi connectivity index (χ1v) is 9.78. The number of rotatable bonds is 4. The van der Waals surface area contributed by atoms with Crippen molar-refractivity contribution in [2.45, 2.75) is 45.5 Å². The SMILES string of the molecule is Cc1nn(C2CCCCO2)cc1Nc1nnc(-c2ccc(C(F)(F)F)cc2O)c(C)n1. The average Bonchev–Trinajstić information content (AvgIpc) is 3.09. The lowest BCUT2D eigenvalue weighted by atomic mass is 10.1. The van der Waals surface area contributed by atoms with Gasteiger partial charge in [0.1, 0.15) is 17.7 Å². The number of aromatic hydroxyl groups is 1. The Morgan fingerprint density at radius 2 is 1.97 bits per heavy atom. The zero-order chi connectivity index (χ0) is 22.2. The van der Waals surface area contributed by atoms with Gasteiger partial charge in [-0.3, -0.25) is 0 Å². The van der Waals surface area contributed by atoms with Crippen molar-refractivity contribution in [3.05, 3.63) is 41.3 Å². The normalized spacial score (nSPS) is 17.0. The van der Waals surface area contributed by atoms with Crippen molar-refractivity contribution in [3.63, 3.8) is 0 Å². The maximum Gasteiger partial charge on any atom is 0.416 e. The number of phenolic OH excluding ortho intramolecular Hbond substituents is 1. The second-order valence-electron chi connectivity index (χ2n) is 7.35. The first-order chi connectivity index (χ1) is 14.7. The number of anilines is 2. The molecule has 4 rings (SSSR count). The van der Waals surface area contributed by atoms with Gasteiger partial charge in [-0.1, -0.05) is 0 Å². The van der Waals surface area contributed by atoms with Gasteiger partial charge in [-0.15, -0.1) is 10.2 Å². The van der Waals surface area contributed by atoms with E-state index in [1.807, 2.05) is 13.1 Å². The maximum atomic E-state index is 12.8. The van der Waals surface area contributed by atoms with Crippen LogP contribution in [0.2, 0.25) is 0 Å². The molecule has 2 N–H and O–H groups in total. The average molecular weight is 434 g/mol. The largest absolute Gasteiger partial charge is 0.507 e. The lowest BCUT2D eigenvalue weighted by molar-refractivity contribution is -0.137. The lowest BCUT2D eigenvalue weighted by Gasteiger charge is -2.22. The lowest BCUT2D eigenvalue weighted by Crippen LogP contribution is -2.18. The van der Waals surface area contributed by atoms with Gasteiger partial charge in [0.15, 0.2) is 0 Å². The van der Waals surface area contributed by atoms with E-state index >= 15 is 0 Å². The molecule has 3 heterocycles. The van der Waals surface area contributed by atoms with Crippen molar-refractivity contribution < 1.29 is 23.0 Å². The topological polar surface area (TPSA) is 98.0 Å². The summed E-state index contributed by atoms with van der Waals surface area (Å²) in [7, 11) is 0. The highest BCUT2D eigenvalue weighted by atomic mass is 19.4. The molecule has 0 bridgehead atoms. The van der Waals surface area contributed by atoms with Crippen molar-refractivity contribution in [1.29, 1.82) is 0 Å². The third-order valence-electron chi connectivity index (χ3n) is 5.06. The molecule has 1 aliphatic heterocycles. The highest BCUT2D eigenvalue weighted by Gasteiger charge is 2.31. The quantitative estimate of drug-likeness (QED) is 0.623. The van der Waals surface area contributed by atoms with Crippen molar-refractivity contribution >= 4 is 11.6 Å². The summed E-state index contributed by atoms with van der Waals surface area (Å²) in [4.78, 5) is 4.33. The minimum atomic E-state index is -4.55. The van der Waals surface area contributed by atoms with Crippen LogP contribution in [0.25, 0.3) is 11.3 Å². The Kier molecular flexibility index (Phi) is 5.52. The van der Waals surface area contributed by atoms with Crippen molar-refractivity contribution in [2.75, 3.05) is 11.9 Å². The van der Waals surface area contributed by atoms with E-state index in [-0.39, 0.29) is 23.4 Å². The monoisotopic (exact) mass is 434 g/mol. The molecule has 0 saturated carbocycles. The van der Waals surface area contributed by atoms with E-state index in [0.717, 1.165) is 37.1 Å². The number of nitrogens with zero attached hydrogens (tertiary/aromatic N) is 5. The second kappa shape index (κ2) is 8.14. The smallest absolute Gasteiger partial charge is 0.416 e. The Hall–Kier alpha value is -3.21.